The highest BCUT2D eigenvalue weighted by Gasteiger charge is 2.32. The van der Waals surface area contributed by atoms with Gasteiger partial charge < -0.3 is 20.4 Å². The summed E-state index contributed by atoms with van der Waals surface area (Å²) in [5.41, 5.74) is 0.401. The van der Waals surface area contributed by atoms with Gasteiger partial charge in [0.25, 0.3) is 0 Å². The van der Waals surface area contributed by atoms with Crippen molar-refractivity contribution in [2.75, 3.05) is 19.7 Å². The number of benzene rings is 1. The van der Waals surface area contributed by atoms with Gasteiger partial charge in [0, 0.05) is 18.7 Å². The molecule has 1 fully saturated rings. The molecule has 7 heteroatoms. The second kappa shape index (κ2) is 5.22. The summed E-state index contributed by atoms with van der Waals surface area (Å²) in [7, 11) is 0. The number of nitrogens with one attached hydrogen (secondary N) is 1. The van der Waals surface area contributed by atoms with Crippen LogP contribution >= 0.6 is 23.2 Å². The lowest BCUT2D eigenvalue weighted by Gasteiger charge is -2.15. The second-order valence-corrected chi connectivity index (χ2v) is 4.75. The Bertz CT molecular complexity index is 482. The first-order valence-electron chi connectivity index (χ1n) is 5.37. The number of aromatic hydroxyl groups is 1. The number of aliphatic hydroxyl groups is 1. The number of phenolic OH excluding ortho intramolecular Hbond substituents is 1. The number of phenols is 1. The molecule has 1 aliphatic heterocycles. The fourth-order valence-corrected chi connectivity index (χ4v) is 2.41. The Morgan fingerprint density at radius 2 is 2.17 bits per heavy atom. The third-order valence-electron chi connectivity index (χ3n) is 2.82. The van der Waals surface area contributed by atoms with Crippen LogP contribution in [-0.4, -0.2) is 40.8 Å². The number of carbonyl (C=O) groups is 1. The molecule has 0 unspecified atom stereocenters. The van der Waals surface area contributed by atoms with Gasteiger partial charge >= 0.3 is 6.03 Å². The number of urea groups is 1. The minimum atomic E-state index is -0.435. The van der Waals surface area contributed by atoms with Gasteiger partial charge in [-0.05, 0) is 12.1 Å². The SMILES string of the molecule is O=C1N[C@@H](c2c(O)ccc(Cl)c2Cl)CN1CCO. The van der Waals surface area contributed by atoms with Crippen LogP contribution in [0.25, 0.3) is 0 Å². The number of halogens is 2. The summed E-state index contributed by atoms with van der Waals surface area (Å²) in [5, 5.41) is 21.9. The second-order valence-electron chi connectivity index (χ2n) is 3.97. The molecule has 2 amide bonds. The Morgan fingerprint density at radius 3 is 2.83 bits per heavy atom. The van der Waals surface area contributed by atoms with Crippen LogP contribution in [0, 0.1) is 0 Å². The van der Waals surface area contributed by atoms with Crippen molar-refractivity contribution in [2.24, 2.45) is 0 Å². The van der Waals surface area contributed by atoms with Gasteiger partial charge in [0.05, 0.1) is 22.7 Å². The fraction of sp³-hybridized carbons (Fsp3) is 0.364. The number of amides is 2. The monoisotopic (exact) mass is 290 g/mol. The van der Waals surface area contributed by atoms with Crippen LogP contribution in [0.3, 0.4) is 0 Å². The molecular weight excluding hydrogens is 279 g/mol. The zero-order valence-electron chi connectivity index (χ0n) is 9.36. The quantitative estimate of drug-likeness (QED) is 0.794. The summed E-state index contributed by atoms with van der Waals surface area (Å²) in [6.45, 7) is 0.448. The first kappa shape index (κ1) is 13.3. The molecule has 2 rings (SSSR count). The fourth-order valence-electron chi connectivity index (χ4n) is 1.95. The Morgan fingerprint density at radius 1 is 1.44 bits per heavy atom. The van der Waals surface area contributed by atoms with Crippen LogP contribution in [0.4, 0.5) is 4.79 Å². The summed E-state index contributed by atoms with van der Waals surface area (Å²) in [5.74, 6) is -0.0134. The zero-order valence-corrected chi connectivity index (χ0v) is 10.9. The Hall–Kier alpha value is -1.17. The minimum Gasteiger partial charge on any atom is -0.508 e. The normalized spacial score (nSPS) is 19.2. The van der Waals surface area contributed by atoms with E-state index < -0.39 is 6.04 Å². The summed E-state index contributed by atoms with van der Waals surface area (Å²) in [4.78, 5) is 13.0. The number of β-amino-alcohol motifs (C(OH)–C–C–N with tert-alkyl or cyclic N) is 1. The molecule has 0 radical (unpaired) electrons. The van der Waals surface area contributed by atoms with Gasteiger partial charge in [0.2, 0.25) is 0 Å². The van der Waals surface area contributed by atoms with E-state index in [-0.39, 0.29) is 30.0 Å². The van der Waals surface area contributed by atoms with Crippen LogP contribution in [0.2, 0.25) is 10.0 Å². The molecule has 0 saturated carbocycles. The third kappa shape index (κ3) is 2.34. The van der Waals surface area contributed by atoms with Crippen molar-refractivity contribution in [1.29, 1.82) is 0 Å². The summed E-state index contributed by atoms with van der Waals surface area (Å²) in [6.07, 6.45) is 0. The van der Waals surface area contributed by atoms with E-state index in [2.05, 4.69) is 5.32 Å². The van der Waals surface area contributed by atoms with Crippen LogP contribution in [0.5, 0.6) is 5.75 Å². The van der Waals surface area contributed by atoms with Crippen molar-refractivity contribution in [1.82, 2.24) is 10.2 Å². The lowest BCUT2D eigenvalue weighted by atomic mass is 10.1. The summed E-state index contributed by atoms with van der Waals surface area (Å²) < 4.78 is 0. The first-order chi connectivity index (χ1) is 8.54. The molecule has 0 aromatic heterocycles. The number of rotatable bonds is 3. The summed E-state index contributed by atoms with van der Waals surface area (Å²) in [6, 6.07) is 2.19. The standard InChI is InChI=1S/C11H12Cl2N2O3/c12-6-1-2-8(17)9(10(6)13)7-5-15(3-4-16)11(18)14-7/h1-2,7,16-17H,3-5H2,(H,14,18)/t7-/m1/s1. The molecule has 98 valence electrons. The molecule has 0 bridgehead atoms. The van der Waals surface area contributed by atoms with Crippen LogP contribution in [0.15, 0.2) is 12.1 Å². The topological polar surface area (TPSA) is 72.8 Å². The van der Waals surface area contributed by atoms with Crippen molar-refractivity contribution in [3.8, 4) is 5.75 Å². The molecular formula is C11H12Cl2N2O3. The van der Waals surface area contributed by atoms with E-state index in [1.54, 1.807) is 0 Å². The number of nitrogens with zero attached hydrogens (tertiary/aromatic N) is 1. The number of hydrogen-bond acceptors (Lipinski definition) is 3. The predicted octanol–water partition coefficient (Wildman–Crippen LogP) is 1.76. The maximum atomic E-state index is 11.6. The van der Waals surface area contributed by atoms with E-state index in [0.717, 1.165) is 0 Å². The Kier molecular flexibility index (Phi) is 3.85. The molecule has 1 saturated heterocycles. The number of aliphatic hydroxyl groups excluding tert-OH is 1. The third-order valence-corrected chi connectivity index (χ3v) is 3.63. The predicted molar refractivity (Wildman–Crippen MR) is 68.1 cm³/mol. The molecule has 1 atom stereocenters. The van der Waals surface area contributed by atoms with Crippen LogP contribution < -0.4 is 5.32 Å². The maximum Gasteiger partial charge on any atom is 0.318 e. The van der Waals surface area contributed by atoms with E-state index in [1.807, 2.05) is 0 Å². The smallest absolute Gasteiger partial charge is 0.318 e. The molecule has 18 heavy (non-hydrogen) atoms. The minimum absolute atomic E-state index is 0.0134. The highest BCUT2D eigenvalue weighted by molar-refractivity contribution is 6.42. The lowest BCUT2D eigenvalue weighted by molar-refractivity contribution is 0.196. The van der Waals surface area contributed by atoms with Gasteiger partial charge in [-0.25, -0.2) is 4.79 Å². The molecule has 3 N–H and O–H groups in total. The van der Waals surface area contributed by atoms with Crippen molar-refractivity contribution in [3.63, 3.8) is 0 Å². The number of carbonyl (C=O) groups excluding carboxylic acids is 1. The van der Waals surface area contributed by atoms with Gasteiger partial charge in [-0.15, -0.1) is 0 Å². The summed E-state index contributed by atoms with van der Waals surface area (Å²) >= 11 is 11.9. The van der Waals surface area contributed by atoms with E-state index in [0.29, 0.717) is 17.1 Å². The number of hydrogen-bond donors (Lipinski definition) is 3. The zero-order chi connectivity index (χ0) is 13.3. The first-order valence-corrected chi connectivity index (χ1v) is 6.13. The molecule has 0 aliphatic carbocycles. The van der Waals surface area contributed by atoms with Gasteiger partial charge in [0.15, 0.2) is 0 Å². The Balaban J connectivity index is 2.29. The van der Waals surface area contributed by atoms with Crippen molar-refractivity contribution in [3.05, 3.63) is 27.7 Å². The molecule has 1 aromatic carbocycles. The average molecular weight is 291 g/mol. The lowest BCUT2D eigenvalue weighted by Crippen LogP contribution is -2.30. The van der Waals surface area contributed by atoms with Crippen molar-refractivity contribution in [2.45, 2.75) is 6.04 Å². The van der Waals surface area contributed by atoms with E-state index in [4.69, 9.17) is 28.3 Å². The van der Waals surface area contributed by atoms with Crippen molar-refractivity contribution < 1.29 is 15.0 Å². The van der Waals surface area contributed by atoms with E-state index in [1.165, 1.54) is 17.0 Å². The molecule has 5 nitrogen and oxygen atoms in total. The van der Waals surface area contributed by atoms with Gasteiger partial charge in [0.1, 0.15) is 5.75 Å². The van der Waals surface area contributed by atoms with Crippen LogP contribution in [0.1, 0.15) is 11.6 Å². The Labute approximate surface area is 114 Å². The van der Waals surface area contributed by atoms with Gasteiger partial charge in [-0.1, -0.05) is 23.2 Å². The molecule has 1 aromatic rings. The highest BCUT2D eigenvalue weighted by atomic mass is 35.5. The molecule has 1 aliphatic rings. The van der Waals surface area contributed by atoms with Gasteiger partial charge in [-0.2, -0.15) is 0 Å². The highest BCUT2D eigenvalue weighted by Crippen LogP contribution is 2.38. The van der Waals surface area contributed by atoms with Gasteiger partial charge in [-0.3, -0.25) is 0 Å². The maximum absolute atomic E-state index is 11.6. The van der Waals surface area contributed by atoms with E-state index >= 15 is 0 Å². The van der Waals surface area contributed by atoms with Crippen molar-refractivity contribution >= 4 is 29.2 Å². The average Bonchev–Trinajstić information content (AvgIpc) is 2.67. The molecule has 1 heterocycles. The largest absolute Gasteiger partial charge is 0.508 e. The molecule has 0 spiro atoms. The van der Waals surface area contributed by atoms with E-state index in [9.17, 15) is 9.90 Å². The van der Waals surface area contributed by atoms with Crippen LogP contribution in [-0.2, 0) is 0 Å².